The van der Waals surface area contributed by atoms with E-state index in [1.54, 1.807) is 6.20 Å². The van der Waals surface area contributed by atoms with Crippen LogP contribution in [0.15, 0.2) is 41.7 Å². The van der Waals surface area contributed by atoms with E-state index in [1.807, 2.05) is 37.3 Å². The number of pyridine rings is 1. The number of fused-ring (bicyclic) bond motifs is 1. The maximum atomic E-state index is 13.0. The summed E-state index contributed by atoms with van der Waals surface area (Å²) in [4.78, 5) is 8.89. The minimum absolute atomic E-state index is 0.103. The van der Waals surface area contributed by atoms with Gasteiger partial charge < -0.3 is 20.1 Å². The number of nitrogen functional groups attached to an aromatic ring is 1. The van der Waals surface area contributed by atoms with Gasteiger partial charge in [-0.25, -0.2) is 9.66 Å². The summed E-state index contributed by atoms with van der Waals surface area (Å²) < 4.78 is 32.3. The first-order chi connectivity index (χ1) is 15.0. The molecule has 3 aromatic rings. The fraction of sp³-hybridized carbons (Fsp3) is 0.455. The van der Waals surface area contributed by atoms with E-state index in [9.17, 15) is 4.21 Å². The molecule has 164 valence electrons. The van der Waals surface area contributed by atoms with Gasteiger partial charge in [-0.05, 0) is 38.0 Å². The first-order valence-corrected chi connectivity index (χ1v) is 11.9. The van der Waals surface area contributed by atoms with Crippen LogP contribution < -0.4 is 10.6 Å². The van der Waals surface area contributed by atoms with Gasteiger partial charge in [0, 0.05) is 24.6 Å². The van der Waals surface area contributed by atoms with E-state index in [0.29, 0.717) is 18.4 Å². The average molecular weight is 443 g/mol. The maximum Gasteiger partial charge on any atom is 0.219 e. The molecule has 5 rings (SSSR count). The van der Waals surface area contributed by atoms with Gasteiger partial charge in [-0.3, -0.25) is 9.19 Å². The quantitative estimate of drug-likeness (QED) is 0.606. The normalized spacial score (nSPS) is 19.8. The molecule has 1 atom stereocenters. The molecular formula is C22H26N4O4S. The van der Waals surface area contributed by atoms with Crippen LogP contribution >= 0.6 is 0 Å². The fourth-order valence-electron chi connectivity index (χ4n) is 4.32. The van der Waals surface area contributed by atoms with Gasteiger partial charge in [0.15, 0.2) is 5.79 Å². The van der Waals surface area contributed by atoms with Gasteiger partial charge in [-0.1, -0.05) is 12.1 Å². The van der Waals surface area contributed by atoms with E-state index in [4.69, 9.17) is 20.1 Å². The highest BCUT2D eigenvalue weighted by atomic mass is 32.2. The molecular weight excluding hydrogens is 416 g/mol. The lowest BCUT2D eigenvalue weighted by Gasteiger charge is -2.35. The number of hydrogen-bond donors (Lipinski definition) is 1. The molecule has 1 saturated carbocycles. The van der Waals surface area contributed by atoms with Gasteiger partial charge in [0.2, 0.25) is 5.16 Å². The van der Waals surface area contributed by atoms with Gasteiger partial charge in [0.1, 0.15) is 5.75 Å². The predicted molar refractivity (Wildman–Crippen MR) is 116 cm³/mol. The molecule has 3 heterocycles. The molecule has 2 aliphatic rings. The molecule has 8 nitrogen and oxygen atoms in total. The van der Waals surface area contributed by atoms with Crippen molar-refractivity contribution in [3.05, 3.63) is 47.8 Å². The summed E-state index contributed by atoms with van der Waals surface area (Å²) in [6, 6.07) is 9.34. The molecule has 2 fully saturated rings. The molecule has 0 radical (unpaired) electrons. The number of rotatable bonds is 5. The van der Waals surface area contributed by atoms with Crippen molar-refractivity contribution in [1.29, 1.82) is 0 Å². The number of imidazole rings is 1. The Morgan fingerprint density at radius 1 is 1.23 bits per heavy atom. The molecule has 9 heteroatoms. The van der Waals surface area contributed by atoms with Crippen molar-refractivity contribution < 1.29 is 18.4 Å². The van der Waals surface area contributed by atoms with Gasteiger partial charge in [0.05, 0.1) is 52.6 Å². The lowest BCUT2D eigenvalue weighted by atomic mass is 9.91. The molecule has 1 aliphatic heterocycles. The zero-order valence-corrected chi connectivity index (χ0v) is 18.3. The largest absolute Gasteiger partial charge is 0.490 e. The highest BCUT2D eigenvalue weighted by Crippen LogP contribution is 2.37. The molecule has 0 amide bonds. The molecule has 1 aromatic carbocycles. The van der Waals surface area contributed by atoms with Crippen LogP contribution in [0.2, 0.25) is 0 Å². The van der Waals surface area contributed by atoms with Crippen LogP contribution in [-0.4, -0.2) is 44.0 Å². The Morgan fingerprint density at radius 3 is 2.71 bits per heavy atom. The number of hydrogen-bond acceptors (Lipinski definition) is 7. The Labute approximate surface area is 183 Å². The lowest BCUT2D eigenvalue weighted by Crippen LogP contribution is -2.38. The van der Waals surface area contributed by atoms with E-state index in [-0.39, 0.29) is 11.9 Å². The summed E-state index contributed by atoms with van der Waals surface area (Å²) in [5.41, 5.74) is 3.08. The average Bonchev–Trinajstić information content (AvgIpc) is 3.38. The molecule has 1 saturated heterocycles. The van der Waals surface area contributed by atoms with Crippen LogP contribution in [0.25, 0.3) is 11.0 Å². The van der Waals surface area contributed by atoms with Crippen LogP contribution in [0.3, 0.4) is 0 Å². The highest BCUT2D eigenvalue weighted by Gasteiger charge is 2.41. The van der Waals surface area contributed by atoms with Crippen LogP contribution in [0.1, 0.15) is 36.9 Å². The Kier molecular flexibility index (Phi) is 5.41. The highest BCUT2D eigenvalue weighted by molar-refractivity contribution is 7.84. The van der Waals surface area contributed by atoms with Gasteiger partial charge >= 0.3 is 0 Å². The Morgan fingerprint density at radius 2 is 1.97 bits per heavy atom. The minimum Gasteiger partial charge on any atom is -0.490 e. The summed E-state index contributed by atoms with van der Waals surface area (Å²) in [5.74, 6) is 6.73. The summed E-state index contributed by atoms with van der Waals surface area (Å²) in [5, 5.41) is 0.336. The summed E-state index contributed by atoms with van der Waals surface area (Å²) in [6.45, 7) is 3.30. The zero-order chi connectivity index (χ0) is 21.4. The second kappa shape index (κ2) is 8.22. The molecule has 1 aliphatic carbocycles. The van der Waals surface area contributed by atoms with Crippen molar-refractivity contribution in [2.45, 2.75) is 55.4 Å². The minimum atomic E-state index is -1.43. The van der Waals surface area contributed by atoms with E-state index < -0.39 is 16.6 Å². The number of ether oxygens (including phenoxy) is 3. The second-order valence-corrected chi connectivity index (χ2v) is 9.39. The lowest BCUT2D eigenvalue weighted by molar-refractivity contribution is -0.186. The van der Waals surface area contributed by atoms with Crippen molar-refractivity contribution in [2.24, 2.45) is 0 Å². The van der Waals surface area contributed by atoms with Crippen LogP contribution in [0, 0.1) is 6.92 Å². The van der Waals surface area contributed by atoms with E-state index in [1.165, 1.54) is 4.68 Å². The third-order valence-electron chi connectivity index (χ3n) is 6.10. The third kappa shape index (κ3) is 3.93. The Bertz CT molecular complexity index is 1120. The number of para-hydroxylation sites is 2. The first-order valence-electron chi connectivity index (χ1n) is 10.5. The second-order valence-electron chi connectivity index (χ2n) is 8.05. The van der Waals surface area contributed by atoms with Gasteiger partial charge in [0.25, 0.3) is 0 Å². The van der Waals surface area contributed by atoms with Crippen LogP contribution in [0.4, 0.5) is 0 Å². The number of nitrogens with zero attached hydrogens (tertiary/aromatic N) is 3. The maximum absolute atomic E-state index is 13.0. The van der Waals surface area contributed by atoms with E-state index in [2.05, 4.69) is 9.97 Å². The van der Waals surface area contributed by atoms with Gasteiger partial charge in [-0.15, -0.1) is 0 Å². The predicted octanol–water partition coefficient (Wildman–Crippen LogP) is 2.83. The number of aromatic nitrogens is 3. The molecule has 1 unspecified atom stereocenters. The number of benzene rings is 1. The third-order valence-corrected chi connectivity index (χ3v) is 7.33. The van der Waals surface area contributed by atoms with Crippen molar-refractivity contribution in [3.63, 3.8) is 0 Å². The number of nitrogens with two attached hydrogens (primary N) is 1. The molecule has 2 aromatic heterocycles. The smallest absolute Gasteiger partial charge is 0.219 e. The van der Waals surface area contributed by atoms with Crippen molar-refractivity contribution in [3.8, 4) is 5.75 Å². The summed E-state index contributed by atoms with van der Waals surface area (Å²) >= 11 is 0. The Hall–Kier alpha value is -2.49. The monoisotopic (exact) mass is 442 g/mol. The molecule has 1 spiro atoms. The molecule has 0 bridgehead atoms. The van der Waals surface area contributed by atoms with Crippen LogP contribution in [0.5, 0.6) is 5.75 Å². The Balaban J connectivity index is 1.29. The van der Waals surface area contributed by atoms with Crippen molar-refractivity contribution >= 4 is 21.8 Å². The summed E-state index contributed by atoms with van der Waals surface area (Å²) in [6.07, 6.45) is 5.23. The van der Waals surface area contributed by atoms with Crippen molar-refractivity contribution in [1.82, 2.24) is 14.6 Å². The van der Waals surface area contributed by atoms with Gasteiger partial charge in [-0.2, -0.15) is 0 Å². The summed E-state index contributed by atoms with van der Waals surface area (Å²) in [7, 11) is -1.43. The molecule has 31 heavy (non-hydrogen) atoms. The van der Waals surface area contributed by atoms with E-state index >= 15 is 0 Å². The topological polar surface area (TPSA) is 101 Å². The standard InChI is InChI=1S/C22H26N4O4S/c1-15-18(14-31(27)21-25-17-4-2-3-5-19(17)26(21)23)24-11-8-20(15)30-16-6-9-22(10-7-16)28-12-13-29-22/h2-5,8,11,16H,6-7,9-10,12-14,23H2,1H3. The van der Waals surface area contributed by atoms with E-state index in [0.717, 1.165) is 53.7 Å². The van der Waals surface area contributed by atoms with Crippen molar-refractivity contribution in [2.75, 3.05) is 19.1 Å². The first kappa shape index (κ1) is 20.4. The fourth-order valence-corrected chi connectivity index (χ4v) is 5.50. The molecule has 2 N–H and O–H groups in total. The SMILES string of the molecule is Cc1c(OC2CCC3(CC2)OCCO3)ccnc1CS(=O)c1nc2ccccc2n1N. The van der Waals surface area contributed by atoms with Crippen LogP contribution in [-0.2, 0) is 26.0 Å². The zero-order valence-electron chi connectivity index (χ0n) is 17.5.